The van der Waals surface area contributed by atoms with E-state index in [1.165, 1.54) is 40.1 Å². The fourth-order valence-electron chi connectivity index (χ4n) is 3.92. The topological polar surface area (TPSA) is 124 Å². The average Bonchev–Trinajstić information content (AvgIpc) is 3.34. The van der Waals surface area contributed by atoms with E-state index in [1.54, 1.807) is 0 Å². The Balaban J connectivity index is 1.66. The quantitative estimate of drug-likeness (QED) is 0.595. The second-order valence-electron chi connectivity index (χ2n) is 7.44. The summed E-state index contributed by atoms with van der Waals surface area (Å²) >= 11 is 0. The molecule has 2 N–H and O–H groups in total. The Hall–Kier alpha value is -3.60. The molecule has 168 valence electrons. The number of nitrogens with zero attached hydrogens (tertiary/aromatic N) is 5. The summed E-state index contributed by atoms with van der Waals surface area (Å²) in [5.41, 5.74) is -0.909. The number of rotatable bonds is 6. The fraction of sp³-hybridized carbons (Fsp3) is 0.381. The molecule has 10 nitrogen and oxygen atoms in total. The first-order valence-electron chi connectivity index (χ1n) is 10.3. The van der Waals surface area contributed by atoms with Crippen LogP contribution < -0.4 is 10.9 Å². The van der Waals surface area contributed by atoms with E-state index < -0.39 is 28.6 Å². The van der Waals surface area contributed by atoms with Crippen molar-refractivity contribution in [2.45, 2.75) is 45.4 Å². The molecular weight excluding hydrogens is 419 g/mol. The number of hydrogen-bond donors (Lipinski definition) is 2. The van der Waals surface area contributed by atoms with Crippen molar-refractivity contribution in [3.8, 4) is 11.4 Å². The third-order valence-corrected chi connectivity index (χ3v) is 5.76. The second kappa shape index (κ2) is 8.50. The highest BCUT2D eigenvalue weighted by Crippen LogP contribution is 2.34. The molecule has 0 aliphatic carbocycles. The molecule has 1 amide bonds. The van der Waals surface area contributed by atoms with Gasteiger partial charge in [0, 0.05) is 6.54 Å². The summed E-state index contributed by atoms with van der Waals surface area (Å²) in [6.07, 6.45) is 3.83. The van der Waals surface area contributed by atoms with Crippen molar-refractivity contribution in [3.05, 3.63) is 64.1 Å². The first kappa shape index (κ1) is 21.6. The summed E-state index contributed by atoms with van der Waals surface area (Å²) in [5, 5.41) is 17.0. The standard InChI is InChI=1S/C21H23FN6O4/c1-3-21(4-2)20-26-16(17(29)19(31)27(20)7-8-32-21)18(30)24-10-13-5-6-14(22)9-15(13)28-12-23-11-25-28/h5-6,9,11-12,29H,3-4,7-8,10H2,1-2H3,(H,24,30). The zero-order valence-corrected chi connectivity index (χ0v) is 17.7. The highest BCUT2D eigenvalue weighted by molar-refractivity contribution is 5.94. The number of halogens is 1. The predicted molar refractivity (Wildman–Crippen MR) is 111 cm³/mol. The van der Waals surface area contributed by atoms with Gasteiger partial charge < -0.3 is 15.2 Å². The molecule has 2 aromatic heterocycles. The first-order valence-corrected chi connectivity index (χ1v) is 10.3. The Labute approximate surface area is 182 Å². The summed E-state index contributed by atoms with van der Waals surface area (Å²) in [6, 6.07) is 4.04. The number of carbonyl (C=O) groups is 1. The van der Waals surface area contributed by atoms with Gasteiger partial charge in [0.1, 0.15) is 29.9 Å². The molecule has 0 atom stereocenters. The number of fused-ring (bicyclic) bond motifs is 1. The molecule has 1 aromatic carbocycles. The summed E-state index contributed by atoms with van der Waals surface area (Å²) in [4.78, 5) is 33.9. The van der Waals surface area contributed by atoms with Crippen LogP contribution in [0.1, 0.15) is 48.6 Å². The highest BCUT2D eigenvalue weighted by atomic mass is 19.1. The van der Waals surface area contributed by atoms with Crippen LogP contribution in [0.4, 0.5) is 4.39 Å². The monoisotopic (exact) mass is 442 g/mol. The van der Waals surface area contributed by atoms with Crippen LogP contribution >= 0.6 is 0 Å². The fourth-order valence-corrected chi connectivity index (χ4v) is 3.92. The number of ether oxygens (including phenoxy) is 1. The minimum Gasteiger partial charge on any atom is -0.501 e. The molecule has 0 spiro atoms. The minimum atomic E-state index is -0.808. The van der Waals surface area contributed by atoms with Crippen LogP contribution in [-0.4, -0.2) is 41.9 Å². The molecule has 0 fully saturated rings. The normalized spacial score (nSPS) is 14.7. The number of benzene rings is 1. The molecule has 0 saturated heterocycles. The molecule has 32 heavy (non-hydrogen) atoms. The third kappa shape index (κ3) is 3.64. The van der Waals surface area contributed by atoms with Gasteiger partial charge in [-0.1, -0.05) is 19.9 Å². The lowest BCUT2D eigenvalue weighted by Gasteiger charge is -2.37. The molecule has 3 aromatic rings. The maximum atomic E-state index is 13.8. The van der Waals surface area contributed by atoms with Gasteiger partial charge in [-0.2, -0.15) is 5.10 Å². The van der Waals surface area contributed by atoms with Crippen LogP contribution in [0.2, 0.25) is 0 Å². The van der Waals surface area contributed by atoms with Crippen LogP contribution in [0.25, 0.3) is 5.69 Å². The molecule has 0 unspecified atom stereocenters. The van der Waals surface area contributed by atoms with Gasteiger partial charge in [0.05, 0.1) is 18.8 Å². The van der Waals surface area contributed by atoms with E-state index in [9.17, 15) is 19.1 Å². The molecular formula is C21H23FN6O4. The molecule has 1 aliphatic rings. The number of aromatic hydroxyl groups is 1. The van der Waals surface area contributed by atoms with Gasteiger partial charge in [0.25, 0.3) is 11.5 Å². The first-order chi connectivity index (χ1) is 15.4. The molecule has 4 rings (SSSR count). The van der Waals surface area contributed by atoms with Gasteiger partial charge in [0.2, 0.25) is 5.75 Å². The Kier molecular flexibility index (Phi) is 5.74. The maximum Gasteiger partial charge on any atom is 0.296 e. The van der Waals surface area contributed by atoms with Gasteiger partial charge in [-0.3, -0.25) is 14.2 Å². The summed E-state index contributed by atoms with van der Waals surface area (Å²) in [6.45, 7) is 4.37. The van der Waals surface area contributed by atoms with Gasteiger partial charge in [0.15, 0.2) is 5.69 Å². The largest absolute Gasteiger partial charge is 0.501 e. The van der Waals surface area contributed by atoms with Crippen molar-refractivity contribution in [1.29, 1.82) is 0 Å². The Morgan fingerprint density at radius 2 is 2.12 bits per heavy atom. The van der Waals surface area contributed by atoms with E-state index in [2.05, 4.69) is 20.4 Å². The van der Waals surface area contributed by atoms with Crippen LogP contribution in [0.3, 0.4) is 0 Å². The van der Waals surface area contributed by atoms with Gasteiger partial charge in [-0.05, 0) is 30.5 Å². The van der Waals surface area contributed by atoms with Crippen molar-refractivity contribution < 1.29 is 19.0 Å². The van der Waals surface area contributed by atoms with E-state index in [4.69, 9.17) is 4.74 Å². The zero-order chi connectivity index (χ0) is 22.9. The second-order valence-corrected chi connectivity index (χ2v) is 7.44. The molecule has 0 saturated carbocycles. The van der Waals surface area contributed by atoms with Gasteiger partial charge >= 0.3 is 0 Å². The van der Waals surface area contributed by atoms with Crippen molar-refractivity contribution in [3.63, 3.8) is 0 Å². The average molecular weight is 442 g/mol. The number of nitrogens with one attached hydrogen (secondary N) is 1. The lowest BCUT2D eigenvalue weighted by atomic mass is 9.94. The highest BCUT2D eigenvalue weighted by Gasteiger charge is 2.39. The van der Waals surface area contributed by atoms with Crippen molar-refractivity contribution in [2.24, 2.45) is 0 Å². The Morgan fingerprint density at radius 1 is 1.34 bits per heavy atom. The van der Waals surface area contributed by atoms with Crippen LogP contribution in [-0.2, 0) is 23.4 Å². The zero-order valence-electron chi connectivity index (χ0n) is 17.7. The van der Waals surface area contributed by atoms with Gasteiger partial charge in [-0.25, -0.2) is 19.0 Å². The molecule has 11 heteroatoms. The molecule has 3 heterocycles. The smallest absolute Gasteiger partial charge is 0.296 e. The molecule has 1 aliphatic heterocycles. The number of hydrogen-bond acceptors (Lipinski definition) is 7. The van der Waals surface area contributed by atoms with E-state index in [-0.39, 0.29) is 18.8 Å². The summed E-state index contributed by atoms with van der Waals surface area (Å²) in [5.74, 6) is -1.59. The SMILES string of the molecule is CCC1(CC)OCCn2c1nc(C(=O)NCc1ccc(F)cc1-n1cncn1)c(O)c2=O. The maximum absolute atomic E-state index is 13.8. The molecule has 0 bridgehead atoms. The van der Waals surface area contributed by atoms with Crippen molar-refractivity contribution in [2.75, 3.05) is 6.61 Å². The van der Waals surface area contributed by atoms with E-state index in [1.807, 2.05) is 13.8 Å². The van der Waals surface area contributed by atoms with Crippen molar-refractivity contribution >= 4 is 5.91 Å². The van der Waals surface area contributed by atoms with Crippen LogP contribution in [0, 0.1) is 5.82 Å². The minimum absolute atomic E-state index is 0.0168. The number of aromatic nitrogens is 5. The Morgan fingerprint density at radius 3 is 2.81 bits per heavy atom. The van der Waals surface area contributed by atoms with Crippen LogP contribution in [0.15, 0.2) is 35.6 Å². The van der Waals surface area contributed by atoms with Gasteiger partial charge in [-0.15, -0.1) is 0 Å². The Bertz CT molecular complexity index is 1200. The summed E-state index contributed by atoms with van der Waals surface area (Å²) in [7, 11) is 0. The van der Waals surface area contributed by atoms with E-state index in [0.29, 0.717) is 36.5 Å². The predicted octanol–water partition coefficient (Wildman–Crippen LogP) is 1.64. The lowest BCUT2D eigenvalue weighted by molar-refractivity contribution is -0.0890. The third-order valence-electron chi connectivity index (χ3n) is 5.76. The van der Waals surface area contributed by atoms with Crippen LogP contribution in [0.5, 0.6) is 5.75 Å². The number of amides is 1. The number of carbonyl (C=O) groups excluding carboxylic acids is 1. The lowest BCUT2D eigenvalue weighted by Crippen LogP contribution is -2.44. The van der Waals surface area contributed by atoms with Crippen molar-refractivity contribution in [1.82, 2.24) is 29.6 Å². The van der Waals surface area contributed by atoms with E-state index in [0.717, 1.165) is 0 Å². The summed E-state index contributed by atoms with van der Waals surface area (Å²) < 4.78 is 22.4. The van der Waals surface area contributed by atoms with E-state index >= 15 is 0 Å². The molecule has 0 radical (unpaired) electrons.